The Morgan fingerprint density at radius 3 is 2.32 bits per heavy atom. The van der Waals surface area contributed by atoms with Crippen LogP contribution in [0.15, 0.2) is 42.5 Å². The van der Waals surface area contributed by atoms with E-state index in [0.717, 1.165) is 16.7 Å². The van der Waals surface area contributed by atoms with E-state index in [4.69, 9.17) is 16.3 Å². The van der Waals surface area contributed by atoms with Crippen LogP contribution in [-0.4, -0.2) is 15.5 Å². The standard InChI is InChI=1S/C16H18ClNO3S/c1-12-3-5-13(6-4-12)11-22(19,20)18-10-14-7-8-16(21-2)15(17)9-14/h3-9,18H,10-11H2,1-2H3. The number of hydrogen-bond acceptors (Lipinski definition) is 3. The number of halogens is 1. The minimum atomic E-state index is -3.40. The lowest BCUT2D eigenvalue weighted by Crippen LogP contribution is -2.24. The molecule has 22 heavy (non-hydrogen) atoms. The lowest BCUT2D eigenvalue weighted by atomic mass is 10.2. The zero-order valence-corrected chi connectivity index (χ0v) is 14.0. The molecule has 0 saturated carbocycles. The predicted octanol–water partition coefficient (Wildman–Crippen LogP) is 3.28. The number of nitrogens with one attached hydrogen (secondary N) is 1. The summed E-state index contributed by atoms with van der Waals surface area (Å²) in [6.45, 7) is 2.15. The summed E-state index contributed by atoms with van der Waals surface area (Å²) in [7, 11) is -1.87. The SMILES string of the molecule is COc1ccc(CNS(=O)(=O)Cc2ccc(C)cc2)cc1Cl. The number of ether oxygens (including phenoxy) is 1. The van der Waals surface area contributed by atoms with Crippen LogP contribution in [0.1, 0.15) is 16.7 Å². The van der Waals surface area contributed by atoms with Crippen LogP contribution in [-0.2, 0) is 22.3 Å². The average molecular weight is 340 g/mol. The van der Waals surface area contributed by atoms with Crippen LogP contribution in [0.2, 0.25) is 5.02 Å². The van der Waals surface area contributed by atoms with Gasteiger partial charge < -0.3 is 4.74 Å². The van der Waals surface area contributed by atoms with Crippen molar-refractivity contribution in [3.05, 3.63) is 64.2 Å². The van der Waals surface area contributed by atoms with Crippen molar-refractivity contribution in [2.45, 2.75) is 19.2 Å². The Balaban J connectivity index is 2.00. The molecule has 0 fully saturated rings. The van der Waals surface area contributed by atoms with E-state index in [9.17, 15) is 8.42 Å². The van der Waals surface area contributed by atoms with E-state index in [0.29, 0.717) is 10.8 Å². The number of sulfonamides is 1. The fourth-order valence-electron chi connectivity index (χ4n) is 1.97. The topological polar surface area (TPSA) is 55.4 Å². The van der Waals surface area contributed by atoms with Crippen LogP contribution in [0.4, 0.5) is 0 Å². The molecule has 0 aromatic heterocycles. The number of benzene rings is 2. The summed E-state index contributed by atoms with van der Waals surface area (Å²) >= 11 is 6.02. The van der Waals surface area contributed by atoms with Gasteiger partial charge in [-0.05, 0) is 30.2 Å². The van der Waals surface area contributed by atoms with Crippen molar-refractivity contribution in [3.8, 4) is 5.75 Å². The molecule has 2 rings (SSSR count). The van der Waals surface area contributed by atoms with Gasteiger partial charge in [-0.25, -0.2) is 13.1 Å². The van der Waals surface area contributed by atoms with Gasteiger partial charge in [0.2, 0.25) is 10.0 Å². The van der Waals surface area contributed by atoms with Gasteiger partial charge in [0.05, 0.1) is 17.9 Å². The third kappa shape index (κ3) is 4.73. The smallest absolute Gasteiger partial charge is 0.216 e. The molecule has 4 nitrogen and oxygen atoms in total. The third-order valence-electron chi connectivity index (χ3n) is 3.19. The van der Waals surface area contributed by atoms with Crippen molar-refractivity contribution in [1.82, 2.24) is 4.72 Å². The molecule has 0 spiro atoms. The summed E-state index contributed by atoms with van der Waals surface area (Å²) in [5.41, 5.74) is 2.63. The van der Waals surface area contributed by atoms with Gasteiger partial charge in [0.15, 0.2) is 0 Å². The van der Waals surface area contributed by atoms with Crippen molar-refractivity contribution in [3.63, 3.8) is 0 Å². The van der Waals surface area contributed by atoms with E-state index < -0.39 is 10.0 Å². The molecule has 0 aliphatic rings. The highest BCUT2D eigenvalue weighted by Crippen LogP contribution is 2.24. The van der Waals surface area contributed by atoms with E-state index in [1.807, 2.05) is 31.2 Å². The first-order chi connectivity index (χ1) is 10.4. The van der Waals surface area contributed by atoms with Gasteiger partial charge in [-0.15, -0.1) is 0 Å². The summed E-state index contributed by atoms with van der Waals surface area (Å²) in [6.07, 6.45) is 0. The first-order valence-corrected chi connectivity index (χ1v) is 8.78. The minimum Gasteiger partial charge on any atom is -0.495 e. The van der Waals surface area contributed by atoms with Gasteiger partial charge in [-0.2, -0.15) is 0 Å². The Morgan fingerprint density at radius 2 is 1.73 bits per heavy atom. The fraction of sp³-hybridized carbons (Fsp3) is 0.250. The highest BCUT2D eigenvalue weighted by atomic mass is 35.5. The number of rotatable bonds is 6. The molecule has 0 radical (unpaired) electrons. The van der Waals surface area contributed by atoms with Crippen LogP contribution in [0.25, 0.3) is 0 Å². The van der Waals surface area contributed by atoms with Crippen LogP contribution in [0, 0.1) is 6.92 Å². The summed E-state index contributed by atoms with van der Waals surface area (Å²) in [5, 5.41) is 0.456. The normalized spacial score (nSPS) is 11.4. The molecule has 0 unspecified atom stereocenters. The van der Waals surface area contributed by atoms with Gasteiger partial charge in [0, 0.05) is 6.54 Å². The Bertz CT molecular complexity index is 742. The fourth-order valence-corrected chi connectivity index (χ4v) is 3.37. The van der Waals surface area contributed by atoms with Crippen molar-refractivity contribution in [2.24, 2.45) is 0 Å². The van der Waals surface area contributed by atoms with E-state index in [1.54, 1.807) is 18.2 Å². The second-order valence-corrected chi connectivity index (χ2v) is 7.25. The van der Waals surface area contributed by atoms with Crippen molar-refractivity contribution < 1.29 is 13.2 Å². The molecule has 2 aromatic carbocycles. The Kier molecular flexibility index (Phi) is 5.45. The molecular weight excluding hydrogens is 322 g/mol. The molecule has 0 bridgehead atoms. The maximum Gasteiger partial charge on any atom is 0.216 e. The van der Waals surface area contributed by atoms with Gasteiger partial charge in [0.25, 0.3) is 0 Å². The third-order valence-corrected chi connectivity index (χ3v) is 4.78. The first-order valence-electron chi connectivity index (χ1n) is 6.75. The van der Waals surface area contributed by atoms with Gasteiger partial charge in [-0.1, -0.05) is 47.5 Å². The Morgan fingerprint density at radius 1 is 1.09 bits per heavy atom. The molecule has 6 heteroatoms. The molecular formula is C16H18ClNO3S. The van der Waals surface area contributed by atoms with Crippen LogP contribution >= 0.6 is 11.6 Å². The van der Waals surface area contributed by atoms with Gasteiger partial charge in [0.1, 0.15) is 5.75 Å². The van der Waals surface area contributed by atoms with Crippen molar-refractivity contribution in [1.29, 1.82) is 0 Å². The second-order valence-electron chi connectivity index (χ2n) is 5.03. The summed E-state index contributed by atoms with van der Waals surface area (Å²) in [4.78, 5) is 0. The maximum absolute atomic E-state index is 12.1. The Hall–Kier alpha value is -1.56. The van der Waals surface area contributed by atoms with Crippen molar-refractivity contribution in [2.75, 3.05) is 7.11 Å². The molecule has 0 heterocycles. The van der Waals surface area contributed by atoms with Crippen molar-refractivity contribution >= 4 is 21.6 Å². The molecule has 1 N–H and O–H groups in total. The molecule has 0 aliphatic heterocycles. The predicted molar refractivity (Wildman–Crippen MR) is 88.6 cm³/mol. The minimum absolute atomic E-state index is 0.0445. The number of hydrogen-bond donors (Lipinski definition) is 1. The molecule has 2 aromatic rings. The van der Waals surface area contributed by atoms with Crippen LogP contribution in [0.5, 0.6) is 5.75 Å². The lowest BCUT2D eigenvalue weighted by Gasteiger charge is -2.09. The van der Waals surface area contributed by atoms with E-state index in [-0.39, 0.29) is 12.3 Å². The lowest BCUT2D eigenvalue weighted by molar-refractivity contribution is 0.415. The average Bonchev–Trinajstić information content (AvgIpc) is 2.48. The molecule has 0 amide bonds. The molecule has 0 saturated heterocycles. The van der Waals surface area contributed by atoms with Crippen LogP contribution in [0.3, 0.4) is 0 Å². The zero-order valence-electron chi connectivity index (χ0n) is 12.5. The second kappa shape index (κ2) is 7.13. The highest BCUT2D eigenvalue weighted by molar-refractivity contribution is 7.88. The van der Waals surface area contributed by atoms with Crippen LogP contribution < -0.4 is 9.46 Å². The monoisotopic (exact) mass is 339 g/mol. The summed E-state index contributed by atoms with van der Waals surface area (Å²) in [6, 6.07) is 12.6. The number of aryl methyl sites for hydroxylation is 1. The molecule has 0 atom stereocenters. The summed E-state index contributed by atoms with van der Waals surface area (Å²) < 4.78 is 31.8. The van der Waals surface area contributed by atoms with E-state index >= 15 is 0 Å². The van der Waals surface area contributed by atoms with Gasteiger partial charge in [-0.3, -0.25) is 0 Å². The van der Waals surface area contributed by atoms with E-state index in [1.165, 1.54) is 7.11 Å². The molecule has 0 aliphatic carbocycles. The summed E-state index contributed by atoms with van der Waals surface area (Å²) in [5.74, 6) is 0.518. The Labute approximate surface area is 136 Å². The highest BCUT2D eigenvalue weighted by Gasteiger charge is 2.12. The molecule has 118 valence electrons. The largest absolute Gasteiger partial charge is 0.495 e. The zero-order chi connectivity index (χ0) is 16.2. The van der Waals surface area contributed by atoms with Gasteiger partial charge >= 0.3 is 0 Å². The quantitative estimate of drug-likeness (QED) is 0.878. The van der Waals surface area contributed by atoms with E-state index in [2.05, 4.69) is 4.72 Å². The first kappa shape index (κ1) is 16.8. The maximum atomic E-state index is 12.1. The number of methoxy groups -OCH3 is 1.